The van der Waals surface area contributed by atoms with Gasteiger partial charge in [-0.05, 0) is 55.3 Å². The van der Waals surface area contributed by atoms with Crippen LogP contribution < -0.4 is 10.1 Å². The molecule has 0 unspecified atom stereocenters. The first kappa shape index (κ1) is 20.5. The fourth-order valence-corrected chi connectivity index (χ4v) is 3.24. The van der Waals surface area contributed by atoms with Crippen molar-refractivity contribution in [2.24, 2.45) is 0 Å². The molecule has 0 fully saturated rings. The molecule has 0 aliphatic heterocycles. The molecule has 1 aromatic heterocycles. The number of rotatable bonds is 7. The number of hydrogen-bond acceptors (Lipinski definition) is 6. The van der Waals surface area contributed by atoms with Crippen LogP contribution in [0, 0.1) is 13.8 Å². The Morgan fingerprint density at radius 2 is 1.96 bits per heavy atom. The molecule has 0 bridgehead atoms. The Bertz CT molecular complexity index is 994. The fraction of sp³-hybridized carbons (Fsp3) is 0.211. The second-order valence-corrected chi connectivity index (χ2v) is 7.73. The van der Waals surface area contributed by atoms with E-state index in [-0.39, 0.29) is 23.5 Å². The van der Waals surface area contributed by atoms with E-state index in [4.69, 9.17) is 32.4 Å². The number of thioether (sulfide) groups is 1. The van der Waals surface area contributed by atoms with Crippen LogP contribution >= 0.6 is 35.0 Å². The molecule has 0 radical (unpaired) electrons. The van der Waals surface area contributed by atoms with Crippen molar-refractivity contribution in [2.75, 3.05) is 11.1 Å². The quantitative estimate of drug-likeness (QED) is 0.505. The highest BCUT2D eigenvalue weighted by molar-refractivity contribution is 7.99. The van der Waals surface area contributed by atoms with Gasteiger partial charge in [0.25, 0.3) is 11.1 Å². The van der Waals surface area contributed by atoms with Gasteiger partial charge in [-0.25, -0.2) is 0 Å². The SMILES string of the molecule is Cc1ccc(OCc2nnc(SCC(=O)Nc3ccc(Cl)cc3Cl)o2)cc1C. The Morgan fingerprint density at radius 1 is 1.14 bits per heavy atom. The zero-order valence-electron chi connectivity index (χ0n) is 15.2. The lowest BCUT2D eigenvalue weighted by molar-refractivity contribution is -0.113. The van der Waals surface area contributed by atoms with Crippen molar-refractivity contribution in [1.82, 2.24) is 10.2 Å². The second kappa shape index (κ2) is 9.32. The van der Waals surface area contributed by atoms with Crippen LogP contribution in [0.1, 0.15) is 17.0 Å². The van der Waals surface area contributed by atoms with Gasteiger partial charge in [0.2, 0.25) is 5.91 Å². The van der Waals surface area contributed by atoms with E-state index in [1.165, 1.54) is 5.56 Å². The number of nitrogens with zero attached hydrogens (tertiary/aromatic N) is 2. The number of hydrogen-bond donors (Lipinski definition) is 1. The van der Waals surface area contributed by atoms with Gasteiger partial charge in [-0.2, -0.15) is 0 Å². The number of aryl methyl sites for hydroxylation is 2. The number of aromatic nitrogens is 2. The number of halogens is 2. The van der Waals surface area contributed by atoms with Gasteiger partial charge in [-0.3, -0.25) is 4.79 Å². The predicted octanol–water partition coefficient (Wildman–Crippen LogP) is 5.30. The van der Waals surface area contributed by atoms with E-state index < -0.39 is 0 Å². The van der Waals surface area contributed by atoms with E-state index in [2.05, 4.69) is 15.5 Å². The molecular weight excluding hydrogens is 421 g/mol. The predicted molar refractivity (Wildman–Crippen MR) is 110 cm³/mol. The third-order valence-electron chi connectivity index (χ3n) is 3.82. The van der Waals surface area contributed by atoms with Crippen molar-refractivity contribution in [3.8, 4) is 5.75 Å². The van der Waals surface area contributed by atoms with Crippen molar-refractivity contribution in [1.29, 1.82) is 0 Å². The molecule has 28 heavy (non-hydrogen) atoms. The zero-order chi connectivity index (χ0) is 20.1. The topological polar surface area (TPSA) is 77.2 Å². The van der Waals surface area contributed by atoms with Gasteiger partial charge in [0.1, 0.15) is 5.75 Å². The minimum atomic E-state index is -0.250. The van der Waals surface area contributed by atoms with Gasteiger partial charge < -0.3 is 14.5 Å². The molecule has 6 nitrogen and oxygen atoms in total. The summed E-state index contributed by atoms with van der Waals surface area (Å²) in [6.07, 6.45) is 0. The van der Waals surface area contributed by atoms with E-state index in [0.29, 0.717) is 21.6 Å². The van der Waals surface area contributed by atoms with Crippen LogP contribution in [0.3, 0.4) is 0 Å². The third-order valence-corrected chi connectivity index (χ3v) is 5.19. The number of anilines is 1. The molecule has 1 N–H and O–H groups in total. The highest BCUT2D eigenvalue weighted by Gasteiger charge is 2.12. The van der Waals surface area contributed by atoms with Gasteiger partial charge in [0, 0.05) is 5.02 Å². The number of carbonyl (C=O) groups excluding carboxylic acids is 1. The van der Waals surface area contributed by atoms with Crippen molar-refractivity contribution in [2.45, 2.75) is 25.7 Å². The molecule has 3 aromatic rings. The summed E-state index contributed by atoms with van der Waals surface area (Å²) in [5.41, 5.74) is 2.83. The summed E-state index contributed by atoms with van der Waals surface area (Å²) in [7, 11) is 0. The Labute approximate surface area is 176 Å². The van der Waals surface area contributed by atoms with E-state index in [1.54, 1.807) is 18.2 Å². The molecule has 9 heteroatoms. The Hall–Kier alpha value is -2.22. The van der Waals surface area contributed by atoms with E-state index in [9.17, 15) is 4.79 Å². The molecule has 146 valence electrons. The molecule has 0 saturated heterocycles. The summed E-state index contributed by atoms with van der Waals surface area (Å²) in [6.45, 7) is 4.21. The van der Waals surface area contributed by atoms with Crippen LogP contribution in [0.2, 0.25) is 10.0 Å². The summed E-state index contributed by atoms with van der Waals surface area (Å²) in [6, 6.07) is 10.7. The molecule has 2 aromatic carbocycles. The molecular formula is C19H17Cl2N3O3S. The molecule has 0 spiro atoms. The Balaban J connectivity index is 1.48. The first-order chi connectivity index (χ1) is 13.4. The van der Waals surface area contributed by atoms with Crippen LogP contribution in [0.4, 0.5) is 5.69 Å². The highest BCUT2D eigenvalue weighted by Crippen LogP contribution is 2.26. The summed E-state index contributed by atoms with van der Waals surface area (Å²) in [4.78, 5) is 12.1. The molecule has 0 aliphatic rings. The summed E-state index contributed by atoms with van der Waals surface area (Å²) in [5, 5.41) is 11.7. The van der Waals surface area contributed by atoms with Crippen molar-refractivity contribution in [3.63, 3.8) is 0 Å². The zero-order valence-corrected chi connectivity index (χ0v) is 17.5. The maximum atomic E-state index is 12.1. The number of benzene rings is 2. The first-order valence-electron chi connectivity index (χ1n) is 8.31. The molecule has 1 amide bonds. The van der Waals surface area contributed by atoms with Gasteiger partial charge in [0.05, 0.1) is 16.5 Å². The third kappa shape index (κ3) is 5.64. The van der Waals surface area contributed by atoms with E-state index in [0.717, 1.165) is 23.1 Å². The minimum Gasteiger partial charge on any atom is -0.484 e. The molecule has 1 heterocycles. The average Bonchev–Trinajstić information content (AvgIpc) is 3.11. The monoisotopic (exact) mass is 437 g/mol. The van der Waals surface area contributed by atoms with Gasteiger partial charge in [-0.15, -0.1) is 10.2 Å². The lowest BCUT2D eigenvalue weighted by Crippen LogP contribution is -2.14. The molecule has 0 aliphatic carbocycles. The summed E-state index contributed by atoms with van der Waals surface area (Å²) >= 11 is 13.0. The molecule has 3 rings (SSSR count). The van der Waals surface area contributed by atoms with Gasteiger partial charge in [-0.1, -0.05) is 41.0 Å². The maximum absolute atomic E-state index is 12.1. The lowest BCUT2D eigenvalue weighted by Gasteiger charge is -2.06. The Morgan fingerprint density at radius 3 is 2.71 bits per heavy atom. The van der Waals surface area contributed by atoms with Crippen molar-refractivity contribution >= 4 is 46.6 Å². The number of nitrogens with one attached hydrogen (secondary N) is 1. The smallest absolute Gasteiger partial charge is 0.277 e. The lowest BCUT2D eigenvalue weighted by atomic mass is 10.1. The Kier molecular flexibility index (Phi) is 6.83. The minimum absolute atomic E-state index is 0.0958. The van der Waals surface area contributed by atoms with Crippen LogP contribution in [0.15, 0.2) is 46.0 Å². The van der Waals surface area contributed by atoms with E-state index in [1.807, 2.05) is 32.0 Å². The first-order valence-corrected chi connectivity index (χ1v) is 10.0. The van der Waals surface area contributed by atoms with Crippen LogP contribution in [-0.4, -0.2) is 21.9 Å². The summed E-state index contributed by atoms with van der Waals surface area (Å²) in [5.74, 6) is 0.912. The number of ether oxygens (including phenoxy) is 1. The second-order valence-electron chi connectivity index (χ2n) is 5.96. The number of amides is 1. The molecule has 0 atom stereocenters. The van der Waals surface area contributed by atoms with Crippen molar-refractivity contribution < 1.29 is 13.9 Å². The highest BCUT2D eigenvalue weighted by atomic mass is 35.5. The van der Waals surface area contributed by atoms with Gasteiger partial charge >= 0.3 is 0 Å². The van der Waals surface area contributed by atoms with Crippen LogP contribution in [-0.2, 0) is 11.4 Å². The molecule has 0 saturated carbocycles. The van der Waals surface area contributed by atoms with E-state index >= 15 is 0 Å². The largest absolute Gasteiger partial charge is 0.484 e. The standard InChI is InChI=1S/C19H17Cl2N3O3S/c1-11-3-5-14(7-12(11)2)26-9-18-23-24-19(27-18)28-10-17(25)22-16-6-4-13(20)8-15(16)21/h3-8H,9-10H2,1-2H3,(H,22,25). The van der Waals surface area contributed by atoms with Crippen LogP contribution in [0.5, 0.6) is 5.75 Å². The fourth-order valence-electron chi connectivity index (χ4n) is 2.21. The van der Waals surface area contributed by atoms with Crippen molar-refractivity contribution in [3.05, 3.63) is 63.5 Å². The van der Waals surface area contributed by atoms with Crippen LogP contribution in [0.25, 0.3) is 0 Å². The maximum Gasteiger partial charge on any atom is 0.277 e. The summed E-state index contributed by atoms with van der Waals surface area (Å²) < 4.78 is 11.2. The average molecular weight is 438 g/mol. The van der Waals surface area contributed by atoms with Gasteiger partial charge in [0.15, 0.2) is 6.61 Å². The normalized spacial score (nSPS) is 10.7. The number of carbonyl (C=O) groups is 1.